The summed E-state index contributed by atoms with van der Waals surface area (Å²) >= 11 is 3.47. The van der Waals surface area contributed by atoms with Crippen LogP contribution in [0.2, 0.25) is 0 Å². The first-order valence-corrected chi connectivity index (χ1v) is 8.40. The number of carbonyl (C=O) groups is 1. The Labute approximate surface area is 123 Å². The maximum Gasteiger partial charge on any atom is 0.254 e. The molecule has 1 fully saturated rings. The van der Waals surface area contributed by atoms with Gasteiger partial charge in [-0.3, -0.25) is 4.79 Å². The number of halogens is 1. The van der Waals surface area contributed by atoms with E-state index in [1.54, 1.807) is 0 Å². The molecule has 3 heteroatoms. The lowest BCUT2D eigenvalue weighted by molar-refractivity contribution is 0.0599. The summed E-state index contributed by atoms with van der Waals surface area (Å²) in [5.41, 5.74) is 3.71. The van der Waals surface area contributed by atoms with Crippen LogP contribution >= 0.6 is 15.9 Å². The molecule has 1 saturated carbocycles. The van der Waals surface area contributed by atoms with E-state index in [0.29, 0.717) is 6.04 Å². The molecule has 0 aliphatic heterocycles. The number of hydrogen-bond acceptors (Lipinski definition) is 1. The van der Waals surface area contributed by atoms with Crippen LogP contribution in [0.3, 0.4) is 0 Å². The van der Waals surface area contributed by atoms with Crippen LogP contribution in [0.25, 0.3) is 0 Å². The first kappa shape index (κ1) is 13.2. The topological polar surface area (TPSA) is 20.3 Å². The van der Waals surface area contributed by atoms with E-state index >= 15 is 0 Å². The van der Waals surface area contributed by atoms with Crippen molar-refractivity contribution >= 4 is 21.8 Å². The largest absolute Gasteiger partial charge is 0.335 e. The zero-order valence-electron chi connectivity index (χ0n) is 11.2. The number of amides is 1. The molecule has 2 aliphatic rings. The number of nitrogens with zero attached hydrogens (tertiary/aromatic N) is 1. The van der Waals surface area contributed by atoms with E-state index in [-0.39, 0.29) is 5.91 Å². The predicted octanol–water partition coefficient (Wildman–Crippen LogP) is 3.56. The average molecular weight is 322 g/mol. The summed E-state index contributed by atoms with van der Waals surface area (Å²) in [6.07, 6.45) is 7.16. The molecular formula is C16H20BrNO. The number of fused-ring (bicyclic) bond motifs is 1. The second kappa shape index (κ2) is 5.66. The van der Waals surface area contributed by atoms with E-state index in [9.17, 15) is 4.79 Å². The van der Waals surface area contributed by atoms with Crippen molar-refractivity contribution in [1.29, 1.82) is 0 Å². The van der Waals surface area contributed by atoms with Crippen LogP contribution in [0, 0.1) is 0 Å². The third-order valence-electron chi connectivity index (χ3n) is 4.45. The van der Waals surface area contributed by atoms with Crippen LogP contribution in [0.5, 0.6) is 0 Å². The fourth-order valence-electron chi connectivity index (χ4n) is 3.11. The first-order chi connectivity index (χ1) is 9.29. The third kappa shape index (κ3) is 2.58. The minimum absolute atomic E-state index is 0.221. The second-order valence-electron chi connectivity index (χ2n) is 5.61. The maximum atomic E-state index is 12.7. The van der Waals surface area contributed by atoms with Gasteiger partial charge in [-0.05, 0) is 61.8 Å². The lowest BCUT2D eigenvalue weighted by Gasteiger charge is -2.37. The molecule has 0 aromatic heterocycles. The Bertz CT molecular complexity index is 482. The SMILES string of the molecule is O=C(c1ccc2c(c1)CCC2)N(CCBr)C1CCC1. The molecule has 0 radical (unpaired) electrons. The van der Waals surface area contributed by atoms with Gasteiger partial charge in [0, 0.05) is 23.5 Å². The Morgan fingerprint density at radius 1 is 1.21 bits per heavy atom. The number of aryl methyl sites for hydroxylation is 2. The maximum absolute atomic E-state index is 12.7. The first-order valence-electron chi connectivity index (χ1n) is 7.28. The van der Waals surface area contributed by atoms with Gasteiger partial charge in [-0.25, -0.2) is 0 Å². The van der Waals surface area contributed by atoms with E-state index < -0.39 is 0 Å². The minimum Gasteiger partial charge on any atom is -0.335 e. The lowest BCUT2D eigenvalue weighted by atomic mass is 9.91. The summed E-state index contributed by atoms with van der Waals surface area (Å²) < 4.78 is 0. The van der Waals surface area contributed by atoms with Crippen molar-refractivity contribution in [1.82, 2.24) is 4.90 Å². The highest BCUT2D eigenvalue weighted by atomic mass is 79.9. The van der Waals surface area contributed by atoms with Crippen molar-refractivity contribution in [3.05, 3.63) is 34.9 Å². The van der Waals surface area contributed by atoms with Gasteiger partial charge in [0.05, 0.1) is 0 Å². The summed E-state index contributed by atoms with van der Waals surface area (Å²) in [6, 6.07) is 6.78. The van der Waals surface area contributed by atoms with Crippen LogP contribution in [0.4, 0.5) is 0 Å². The molecule has 2 nitrogen and oxygen atoms in total. The average Bonchev–Trinajstić information content (AvgIpc) is 2.82. The van der Waals surface area contributed by atoms with E-state index in [2.05, 4.69) is 33.0 Å². The van der Waals surface area contributed by atoms with Gasteiger partial charge >= 0.3 is 0 Å². The van der Waals surface area contributed by atoms with Crippen molar-refractivity contribution in [3.8, 4) is 0 Å². The fourth-order valence-corrected chi connectivity index (χ4v) is 3.49. The molecule has 0 bridgehead atoms. The van der Waals surface area contributed by atoms with Gasteiger partial charge in [0.15, 0.2) is 0 Å². The molecule has 19 heavy (non-hydrogen) atoms. The van der Waals surface area contributed by atoms with Crippen LogP contribution in [-0.2, 0) is 12.8 Å². The van der Waals surface area contributed by atoms with E-state index in [4.69, 9.17) is 0 Å². The molecule has 3 rings (SSSR count). The summed E-state index contributed by atoms with van der Waals surface area (Å²) in [4.78, 5) is 14.7. The zero-order valence-corrected chi connectivity index (χ0v) is 12.8. The molecule has 1 aromatic rings. The van der Waals surface area contributed by atoms with Crippen molar-refractivity contribution in [2.45, 2.75) is 44.6 Å². The van der Waals surface area contributed by atoms with Gasteiger partial charge in [0.25, 0.3) is 5.91 Å². The fraction of sp³-hybridized carbons (Fsp3) is 0.562. The van der Waals surface area contributed by atoms with Crippen LogP contribution in [0.15, 0.2) is 18.2 Å². The molecule has 0 unspecified atom stereocenters. The van der Waals surface area contributed by atoms with Crippen molar-refractivity contribution in [2.24, 2.45) is 0 Å². The third-order valence-corrected chi connectivity index (χ3v) is 4.80. The van der Waals surface area contributed by atoms with Crippen LogP contribution in [0.1, 0.15) is 47.2 Å². The Morgan fingerprint density at radius 3 is 2.68 bits per heavy atom. The molecule has 0 N–H and O–H groups in total. The van der Waals surface area contributed by atoms with Gasteiger partial charge < -0.3 is 4.90 Å². The normalized spacial score (nSPS) is 17.9. The second-order valence-corrected chi connectivity index (χ2v) is 6.40. The highest BCUT2D eigenvalue weighted by Gasteiger charge is 2.29. The van der Waals surface area contributed by atoms with Crippen molar-refractivity contribution < 1.29 is 4.79 Å². The van der Waals surface area contributed by atoms with Gasteiger partial charge in [-0.15, -0.1) is 0 Å². The number of rotatable bonds is 4. The summed E-state index contributed by atoms with van der Waals surface area (Å²) in [7, 11) is 0. The monoisotopic (exact) mass is 321 g/mol. The smallest absolute Gasteiger partial charge is 0.254 e. The highest BCUT2D eigenvalue weighted by molar-refractivity contribution is 9.09. The van der Waals surface area contributed by atoms with Crippen molar-refractivity contribution in [3.63, 3.8) is 0 Å². The summed E-state index contributed by atoms with van der Waals surface area (Å²) in [5.74, 6) is 0.221. The molecule has 0 spiro atoms. The Balaban J connectivity index is 1.81. The van der Waals surface area contributed by atoms with E-state index in [1.807, 2.05) is 6.07 Å². The molecule has 2 aliphatic carbocycles. The minimum atomic E-state index is 0.221. The van der Waals surface area contributed by atoms with E-state index in [0.717, 1.165) is 23.9 Å². The number of benzene rings is 1. The summed E-state index contributed by atoms with van der Waals surface area (Å²) in [5, 5.41) is 0.861. The highest BCUT2D eigenvalue weighted by Crippen LogP contribution is 2.28. The molecular weight excluding hydrogens is 302 g/mol. The predicted molar refractivity (Wildman–Crippen MR) is 80.9 cm³/mol. The van der Waals surface area contributed by atoms with E-state index in [1.165, 1.54) is 43.2 Å². The molecule has 102 valence electrons. The molecule has 0 saturated heterocycles. The number of carbonyl (C=O) groups excluding carboxylic acids is 1. The Morgan fingerprint density at radius 2 is 2.00 bits per heavy atom. The quantitative estimate of drug-likeness (QED) is 0.776. The molecule has 0 atom stereocenters. The van der Waals surface area contributed by atoms with Gasteiger partial charge in [-0.1, -0.05) is 22.0 Å². The summed E-state index contributed by atoms with van der Waals surface area (Å²) in [6.45, 7) is 0.820. The lowest BCUT2D eigenvalue weighted by Crippen LogP contribution is -2.45. The Kier molecular flexibility index (Phi) is 3.92. The van der Waals surface area contributed by atoms with Gasteiger partial charge in [-0.2, -0.15) is 0 Å². The zero-order chi connectivity index (χ0) is 13.2. The Hall–Kier alpha value is -0.830. The van der Waals surface area contributed by atoms with Gasteiger partial charge in [0.1, 0.15) is 0 Å². The molecule has 1 amide bonds. The van der Waals surface area contributed by atoms with Crippen LogP contribution < -0.4 is 0 Å². The molecule has 0 heterocycles. The number of hydrogen-bond donors (Lipinski definition) is 0. The number of alkyl halides is 1. The van der Waals surface area contributed by atoms with Crippen LogP contribution in [-0.4, -0.2) is 28.7 Å². The molecule has 1 aromatic carbocycles. The standard InChI is InChI=1S/C16H20BrNO/c17-9-10-18(15-5-2-6-15)16(19)14-8-7-12-3-1-4-13(12)11-14/h7-8,11,15H,1-6,9-10H2. The van der Waals surface area contributed by atoms with Gasteiger partial charge in [0.2, 0.25) is 0 Å². The van der Waals surface area contributed by atoms with Crippen molar-refractivity contribution in [2.75, 3.05) is 11.9 Å².